The van der Waals surface area contributed by atoms with Crippen molar-refractivity contribution in [1.29, 1.82) is 0 Å². The van der Waals surface area contributed by atoms with Gasteiger partial charge in [0.15, 0.2) is 0 Å². The highest BCUT2D eigenvalue weighted by Crippen LogP contribution is 2.24. The van der Waals surface area contributed by atoms with Crippen LogP contribution in [0.25, 0.3) is 10.9 Å². The van der Waals surface area contributed by atoms with E-state index in [-0.39, 0.29) is 10.8 Å². The lowest BCUT2D eigenvalue weighted by Gasteiger charge is -2.15. The molecule has 0 spiro atoms. The lowest BCUT2D eigenvalue weighted by Crippen LogP contribution is -2.30. The van der Waals surface area contributed by atoms with Crippen molar-refractivity contribution in [3.05, 3.63) is 24.4 Å². The first kappa shape index (κ1) is 14.9. The molecule has 4 N–H and O–H groups in total. The molecule has 1 aromatic carbocycles. The summed E-state index contributed by atoms with van der Waals surface area (Å²) in [6, 6.07) is 5.15. The molecule has 0 aliphatic carbocycles. The second-order valence-corrected chi connectivity index (χ2v) is 7.27. The molecule has 5 nitrogen and oxygen atoms in total. The van der Waals surface area contributed by atoms with Crippen LogP contribution in [-0.4, -0.2) is 19.9 Å². The Morgan fingerprint density at radius 3 is 2.65 bits per heavy atom. The molecule has 0 aliphatic heterocycles. The molecule has 6 heteroatoms. The highest BCUT2D eigenvalue weighted by atomic mass is 32.2. The van der Waals surface area contributed by atoms with Gasteiger partial charge in [0.2, 0.25) is 10.0 Å². The summed E-state index contributed by atoms with van der Waals surface area (Å²) in [6.07, 6.45) is 1.51. The van der Waals surface area contributed by atoms with E-state index in [9.17, 15) is 8.42 Å². The predicted octanol–water partition coefficient (Wildman–Crippen LogP) is 2.32. The summed E-state index contributed by atoms with van der Waals surface area (Å²) in [6.45, 7) is 6.62. The number of aromatic nitrogens is 1. The Morgan fingerprint density at radius 2 is 2.00 bits per heavy atom. The fraction of sp³-hybridized carbons (Fsp3) is 0.429. The molecular formula is C14H21N3O2S. The van der Waals surface area contributed by atoms with Crippen molar-refractivity contribution in [3.8, 4) is 0 Å². The molecule has 0 bridgehead atoms. The molecule has 0 amide bonds. The third-order valence-electron chi connectivity index (χ3n) is 3.69. The van der Waals surface area contributed by atoms with Crippen LogP contribution in [0.5, 0.6) is 0 Å². The lowest BCUT2D eigenvalue weighted by molar-refractivity contribution is 0.415. The Bertz CT molecular complexity index is 704. The average molecular weight is 295 g/mol. The van der Waals surface area contributed by atoms with E-state index in [1.165, 1.54) is 6.20 Å². The number of anilines is 1. The summed E-state index contributed by atoms with van der Waals surface area (Å²) < 4.78 is 27.4. The predicted molar refractivity (Wildman–Crippen MR) is 81.9 cm³/mol. The zero-order valence-corrected chi connectivity index (χ0v) is 12.8. The number of hydrogen-bond donors (Lipinski definition) is 3. The molecule has 110 valence electrons. The van der Waals surface area contributed by atoms with Crippen molar-refractivity contribution in [2.75, 3.05) is 12.3 Å². The quantitative estimate of drug-likeness (QED) is 0.740. The second kappa shape index (κ2) is 5.46. The number of benzene rings is 1. The van der Waals surface area contributed by atoms with Crippen molar-refractivity contribution in [2.45, 2.75) is 25.7 Å². The van der Waals surface area contributed by atoms with Crippen molar-refractivity contribution in [3.63, 3.8) is 0 Å². The van der Waals surface area contributed by atoms with Crippen molar-refractivity contribution < 1.29 is 8.42 Å². The van der Waals surface area contributed by atoms with E-state index >= 15 is 0 Å². The molecule has 1 unspecified atom stereocenters. The van der Waals surface area contributed by atoms with Gasteiger partial charge in [0.1, 0.15) is 4.90 Å². The van der Waals surface area contributed by atoms with Crippen molar-refractivity contribution in [1.82, 2.24) is 9.71 Å². The number of rotatable bonds is 5. The zero-order chi connectivity index (χ0) is 14.9. The molecule has 1 heterocycles. The van der Waals surface area contributed by atoms with Crippen LogP contribution in [0.4, 0.5) is 5.69 Å². The zero-order valence-electron chi connectivity index (χ0n) is 12.0. The minimum atomic E-state index is -3.51. The number of hydrogen-bond acceptors (Lipinski definition) is 3. The van der Waals surface area contributed by atoms with E-state index in [0.29, 0.717) is 23.5 Å². The number of H-pyrrole nitrogens is 1. The Labute approximate surface area is 119 Å². The number of nitrogens with one attached hydrogen (secondary N) is 2. The third-order valence-corrected chi connectivity index (χ3v) is 5.15. The molecule has 0 saturated heterocycles. The van der Waals surface area contributed by atoms with Crippen LogP contribution < -0.4 is 10.5 Å². The Kier molecular flexibility index (Phi) is 4.06. The van der Waals surface area contributed by atoms with Gasteiger partial charge in [-0.15, -0.1) is 0 Å². The number of nitrogens with two attached hydrogens (primary N) is 1. The molecule has 0 saturated carbocycles. The summed E-state index contributed by atoms with van der Waals surface area (Å²) in [5.74, 6) is 0.714. The van der Waals surface area contributed by atoms with Gasteiger partial charge in [-0.2, -0.15) is 0 Å². The summed E-state index contributed by atoms with van der Waals surface area (Å²) in [4.78, 5) is 3.21. The highest BCUT2D eigenvalue weighted by Gasteiger charge is 2.20. The molecular weight excluding hydrogens is 274 g/mol. The Hall–Kier alpha value is -1.53. The standard InChI is InChI=1S/C14H21N3O2S/c1-9(2)10(3)7-17-20(18,19)14-8-16-13-6-11(15)4-5-12(13)14/h4-6,8-10,16-17H,7,15H2,1-3H3. The van der Waals surface area contributed by atoms with Gasteiger partial charge in [-0.25, -0.2) is 13.1 Å². The van der Waals surface area contributed by atoms with Crippen LogP contribution in [0.2, 0.25) is 0 Å². The molecule has 20 heavy (non-hydrogen) atoms. The van der Waals surface area contributed by atoms with E-state index in [1.54, 1.807) is 18.2 Å². The van der Waals surface area contributed by atoms with Crippen LogP contribution in [-0.2, 0) is 10.0 Å². The average Bonchev–Trinajstić information content (AvgIpc) is 2.79. The first-order valence-electron chi connectivity index (χ1n) is 6.67. The van der Waals surface area contributed by atoms with Crippen molar-refractivity contribution in [2.24, 2.45) is 11.8 Å². The molecule has 0 radical (unpaired) electrons. The van der Waals surface area contributed by atoms with Crippen LogP contribution in [0, 0.1) is 11.8 Å². The fourth-order valence-corrected chi connectivity index (χ4v) is 3.21. The molecule has 0 aliphatic rings. The summed E-state index contributed by atoms with van der Waals surface area (Å²) in [7, 11) is -3.51. The van der Waals surface area contributed by atoms with E-state index in [1.807, 2.05) is 6.92 Å². The number of sulfonamides is 1. The van der Waals surface area contributed by atoms with Gasteiger partial charge >= 0.3 is 0 Å². The number of nitrogen functional groups attached to an aromatic ring is 1. The fourth-order valence-electron chi connectivity index (χ4n) is 1.89. The van der Waals surface area contributed by atoms with Gasteiger partial charge in [0.05, 0.1) is 0 Å². The summed E-state index contributed by atoms with van der Waals surface area (Å²) in [5.41, 5.74) is 7.01. The maximum absolute atomic E-state index is 12.4. The molecule has 1 atom stereocenters. The van der Waals surface area contributed by atoms with E-state index in [4.69, 9.17) is 5.73 Å². The molecule has 2 aromatic rings. The van der Waals surface area contributed by atoms with Gasteiger partial charge in [0.25, 0.3) is 0 Å². The van der Waals surface area contributed by atoms with Crippen LogP contribution in [0.3, 0.4) is 0 Å². The molecule has 0 fully saturated rings. The van der Waals surface area contributed by atoms with Crippen molar-refractivity contribution >= 4 is 26.6 Å². The summed E-state index contributed by atoms with van der Waals surface area (Å²) >= 11 is 0. The Morgan fingerprint density at radius 1 is 1.30 bits per heavy atom. The van der Waals surface area contributed by atoms with Gasteiger partial charge in [-0.05, 0) is 30.0 Å². The normalized spacial score (nSPS) is 14.0. The van der Waals surface area contributed by atoms with E-state index in [0.717, 1.165) is 5.52 Å². The first-order valence-corrected chi connectivity index (χ1v) is 8.16. The SMILES string of the molecule is CC(C)C(C)CNS(=O)(=O)c1c[nH]c2cc(N)ccc12. The Balaban J connectivity index is 2.28. The minimum absolute atomic E-state index is 0.267. The van der Waals surface area contributed by atoms with Gasteiger partial charge in [0, 0.05) is 29.3 Å². The number of aromatic amines is 1. The topological polar surface area (TPSA) is 88.0 Å². The largest absolute Gasteiger partial charge is 0.399 e. The number of fused-ring (bicyclic) bond motifs is 1. The molecule has 2 rings (SSSR count). The highest BCUT2D eigenvalue weighted by molar-refractivity contribution is 7.89. The summed E-state index contributed by atoms with van der Waals surface area (Å²) in [5, 5.41) is 0.656. The third kappa shape index (κ3) is 2.96. The van der Waals surface area contributed by atoms with Gasteiger partial charge in [-0.1, -0.05) is 20.8 Å². The molecule has 1 aromatic heterocycles. The van der Waals surface area contributed by atoms with Crippen LogP contribution >= 0.6 is 0 Å². The first-order chi connectivity index (χ1) is 9.31. The van der Waals surface area contributed by atoms with E-state index < -0.39 is 10.0 Å². The van der Waals surface area contributed by atoms with E-state index in [2.05, 4.69) is 23.6 Å². The maximum Gasteiger partial charge on any atom is 0.242 e. The monoisotopic (exact) mass is 295 g/mol. The lowest BCUT2D eigenvalue weighted by atomic mass is 9.99. The minimum Gasteiger partial charge on any atom is -0.399 e. The van der Waals surface area contributed by atoms with Gasteiger partial charge < -0.3 is 10.7 Å². The maximum atomic E-state index is 12.4. The smallest absolute Gasteiger partial charge is 0.242 e. The van der Waals surface area contributed by atoms with Crippen LogP contribution in [0.15, 0.2) is 29.3 Å². The van der Waals surface area contributed by atoms with Gasteiger partial charge in [-0.3, -0.25) is 0 Å². The second-order valence-electron chi connectivity index (χ2n) is 5.53. The van der Waals surface area contributed by atoms with Crippen LogP contribution in [0.1, 0.15) is 20.8 Å².